The third-order valence-electron chi connectivity index (χ3n) is 7.32. The zero-order chi connectivity index (χ0) is 30.6. The average Bonchev–Trinajstić information content (AvgIpc) is 3.56. The number of thiazole rings is 2. The number of ether oxygens (including phenoxy) is 2. The van der Waals surface area contributed by atoms with E-state index in [1.54, 1.807) is 18.3 Å². The minimum Gasteiger partial charge on any atom is -0.461 e. The first-order valence-electron chi connectivity index (χ1n) is 14.8. The summed E-state index contributed by atoms with van der Waals surface area (Å²) in [6.45, 7) is 13.1. The van der Waals surface area contributed by atoms with E-state index in [0.29, 0.717) is 36.2 Å². The SMILES string of the molecule is CCOC(=O)c1nc(N2CCCc3c2nnc(/N=c2\sc4ccccc4n2COCC[Si](C)(C)C)c3C)sc1CCCO. The Morgan fingerprint density at radius 3 is 2.77 bits per heavy atom. The summed E-state index contributed by atoms with van der Waals surface area (Å²) in [6.07, 6.45) is 2.88. The Bertz CT molecular complexity index is 1660. The number of aromatic nitrogens is 4. The highest BCUT2D eigenvalue weighted by atomic mass is 32.1. The predicted octanol–water partition coefficient (Wildman–Crippen LogP) is 5.99. The molecule has 0 atom stereocenters. The lowest BCUT2D eigenvalue weighted by Crippen LogP contribution is -2.27. The fraction of sp³-hybridized carbons (Fsp3) is 0.500. The number of hydrogen-bond donors (Lipinski definition) is 1. The second-order valence-electron chi connectivity index (χ2n) is 11.8. The maximum absolute atomic E-state index is 12.7. The number of para-hydroxylation sites is 1. The first-order valence-corrected chi connectivity index (χ1v) is 20.2. The van der Waals surface area contributed by atoms with Gasteiger partial charge in [0.15, 0.2) is 27.3 Å². The van der Waals surface area contributed by atoms with Crippen LogP contribution in [0.3, 0.4) is 0 Å². The number of nitrogens with zero attached hydrogens (tertiary/aromatic N) is 6. The molecule has 0 radical (unpaired) electrons. The van der Waals surface area contributed by atoms with Crippen LogP contribution in [-0.2, 0) is 29.0 Å². The van der Waals surface area contributed by atoms with Crippen LogP contribution in [-0.4, -0.2) is 65.3 Å². The van der Waals surface area contributed by atoms with Gasteiger partial charge in [-0.15, -0.1) is 21.5 Å². The quantitative estimate of drug-likeness (QED) is 0.114. The minimum absolute atomic E-state index is 0.0450. The van der Waals surface area contributed by atoms with Gasteiger partial charge in [-0.2, -0.15) is 4.99 Å². The van der Waals surface area contributed by atoms with Crippen molar-refractivity contribution in [1.82, 2.24) is 19.7 Å². The summed E-state index contributed by atoms with van der Waals surface area (Å²) in [5, 5.41) is 19.3. The average molecular weight is 641 g/mol. The van der Waals surface area contributed by atoms with E-state index in [1.165, 1.54) is 11.3 Å². The van der Waals surface area contributed by atoms with Crippen LogP contribution in [0.15, 0.2) is 29.3 Å². The normalized spacial score (nSPS) is 14.0. The number of anilines is 2. The highest BCUT2D eigenvalue weighted by Gasteiger charge is 2.28. The topological polar surface area (TPSA) is 115 Å². The molecule has 0 saturated carbocycles. The number of rotatable bonds is 12. The van der Waals surface area contributed by atoms with Crippen molar-refractivity contribution in [3.63, 3.8) is 0 Å². The van der Waals surface area contributed by atoms with Crippen molar-refractivity contribution >= 4 is 63.7 Å². The van der Waals surface area contributed by atoms with Crippen molar-refractivity contribution in [2.45, 2.75) is 71.9 Å². The molecule has 10 nitrogen and oxygen atoms in total. The molecule has 0 bridgehead atoms. The number of carbonyl (C=O) groups is 1. The molecule has 0 saturated heterocycles. The van der Waals surface area contributed by atoms with Crippen LogP contribution in [0, 0.1) is 6.92 Å². The number of hydrogen-bond acceptors (Lipinski definition) is 11. The molecule has 1 aliphatic rings. The van der Waals surface area contributed by atoms with Gasteiger partial charge in [-0.25, -0.2) is 9.78 Å². The van der Waals surface area contributed by atoms with Gasteiger partial charge in [0, 0.05) is 43.8 Å². The molecule has 230 valence electrons. The largest absolute Gasteiger partial charge is 0.461 e. The van der Waals surface area contributed by atoms with E-state index in [2.05, 4.69) is 53.5 Å². The van der Waals surface area contributed by atoms with Gasteiger partial charge in [-0.3, -0.25) is 4.57 Å². The van der Waals surface area contributed by atoms with E-state index in [-0.39, 0.29) is 13.2 Å². The van der Waals surface area contributed by atoms with Crippen LogP contribution < -0.4 is 9.70 Å². The maximum Gasteiger partial charge on any atom is 0.358 e. The molecule has 0 unspecified atom stereocenters. The Morgan fingerprint density at radius 2 is 2.00 bits per heavy atom. The Balaban J connectivity index is 1.49. The van der Waals surface area contributed by atoms with Gasteiger partial charge >= 0.3 is 5.97 Å². The highest BCUT2D eigenvalue weighted by molar-refractivity contribution is 7.16. The zero-order valence-electron chi connectivity index (χ0n) is 25.6. The monoisotopic (exact) mass is 640 g/mol. The summed E-state index contributed by atoms with van der Waals surface area (Å²) < 4.78 is 14.7. The molecular weight excluding hydrogens is 601 g/mol. The molecule has 1 aromatic carbocycles. The van der Waals surface area contributed by atoms with E-state index in [1.807, 2.05) is 17.0 Å². The van der Waals surface area contributed by atoms with E-state index >= 15 is 0 Å². The number of esters is 1. The fourth-order valence-corrected chi connectivity index (χ4v) is 7.83. The van der Waals surface area contributed by atoms with Gasteiger partial charge in [0.2, 0.25) is 0 Å². The van der Waals surface area contributed by atoms with Crippen LogP contribution in [0.4, 0.5) is 16.8 Å². The molecule has 0 fully saturated rings. The Labute approximate surface area is 261 Å². The molecule has 13 heteroatoms. The summed E-state index contributed by atoms with van der Waals surface area (Å²) in [4.78, 5) is 26.1. The van der Waals surface area contributed by atoms with Crippen LogP contribution in [0.2, 0.25) is 25.7 Å². The van der Waals surface area contributed by atoms with E-state index in [4.69, 9.17) is 19.5 Å². The summed E-state index contributed by atoms with van der Waals surface area (Å²) >= 11 is 3.07. The van der Waals surface area contributed by atoms with Crippen molar-refractivity contribution in [1.29, 1.82) is 0 Å². The van der Waals surface area contributed by atoms with Crippen LogP contribution in [0.25, 0.3) is 10.2 Å². The van der Waals surface area contributed by atoms with Gasteiger partial charge < -0.3 is 19.5 Å². The first kappa shape index (κ1) is 31.5. The van der Waals surface area contributed by atoms with E-state index in [0.717, 1.165) is 68.9 Å². The van der Waals surface area contributed by atoms with Gasteiger partial charge in [-0.1, -0.05) is 43.1 Å². The molecule has 0 spiro atoms. The third-order valence-corrected chi connectivity index (χ3v) is 11.2. The standard InChI is InChI=1S/C30H40N6O4S2Si/c1-6-40-28(38)25-24(14-10-16-37)42-29(31-25)35-15-9-11-21-20(2)26(33-34-27(21)35)32-30-36(19-39-17-18-43(3,4)5)22-12-7-8-13-23(22)41-30/h7-8,12-13,37H,6,9-11,14-19H2,1-5H3/b32-30-. The maximum atomic E-state index is 12.7. The number of aliphatic hydroxyl groups is 1. The molecule has 1 aliphatic heterocycles. The Hall–Kier alpha value is -2.97. The molecular formula is C30H40N6O4S2Si. The molecule has 0 aliphatic carbocycles. The predicted molar refractivity (Wildman–Crippen MR) is 175 cm³/mol. The summed E-state index contributed by atoms with van der Waals surface area (Å²) in [7, 11) is -1.19. The minimum atomic E-state index is -1.19. The summed E-state index contributed by atoms with van der Waals surface area (Å²) in [6, 6.07) is 9.39. The van der Waals surface area contributed by atoms with E-state index in [9.17, 15) is 9.90 Å². The number of aryl methyl sites for hydroxylation is 1. The molecule has 1 N–H and O–H groups in total. The lowest BCUT2D eigenvalue weighted by molar-refractivity contribution is 0.0519. The van der Waals surface area contributed by atoms with Crippen molar-refractivity contribution < 1.29 is 19.4 Å². The zero-order valence-corrected chi connectivity index (χ0v) is 28.2. The number of fused-ring (bicyclic) bond motifs is 2. The van der Waals surface area contributed by atoms with Gasteiger partial charge in [-0.05, 0) is 57.7 Å². The Kier molecular flexibility index (Phi) is 10.1. The van der Waals surface area contributed by atoms with Gasteiger partial charge in [0.1, 0.15) is 6.73 Å². The van der Waals surface area contributed by atoms with Crippen LogP contribution in [0.1, 0.15) is 46.3 Å². The Morgan fingerprint density at radius 1 is 1.19 bits per heavy atom. The summed E-state index contributed by atoms with van der Waals surface area (Å²) in [5.41, 5.74) is 3.48. The smallest absolute Gasteiger partial charge is 0.358 e. The van der Waals surface area contributed by atoms with Gasteiger partial charge in [0.05, 0.1) is 16.8 Å². The lowest BCUT2D eigenvalue weighted by Gasteiger charge is -2.28. The molecule has 0 amide bonds. The molecule has 4 aromatic rings. The highest BCUT2D eigenvalue weighted by Crippen LogP contribution is 2.38. The first-order chi connectivity index (χ1) is 20.7. The fourth-order valence-electron chi connectivity index (χ4n) is 4.94. The third kappa shape index (κ3) is 7.23. The van der Waals surface area contributed by atoms with Crippen LogP contribution in [0.5, 0.6) is 0 Å². The molecule has 5 rings (SSSR count). The molecule has 43 heavy (non-hydrogen) atoms. The number of aliphatic hydroxyl groups excluding tert-OH is 1. The van der Waals surface area contributed by atoms with Crippen molar-refractivity contribution in [2.24, 2.45) is 4.99 Å². The van der Waals surface area contributed by atoms with Crippen molar-refractivity contribution in [3.05, 3.63) is 50.8 Å². The van der Waals surface area contributed by atoms with Crippen molar-refractivity contribution in [3.8, 4) is 0 Å². The van der Waals surface area contributed by atoms with Crippen LogP contribution >= 0.6 is 22.7 Å². The molecule has 3 aromatic heterocycles. The van der Waals surface area contributed by atoms with Gasteiger partial charge in [0.25, 0.3) is 0 Å². The number of benzene rings is 1. The van der Waals surface area contributed by atoms with E-state index < -0.39 is 14.0 Å². The molecule has 4 heterocycles. The second kappa shape index (κ2) is 13.8. The van der Waals surface area contributed by atoms with Crippen molar-refractivity contribution in [2.75, 3.05) is 31.3 Å². The number of carbonyl (C=O) groups excluding carboxylic acids is 1. The summed E-state index contributed by atoms with van der Waals surface area (Å²) in [5.74, 6) is 0.908. The second-order valence-corrected chi connectivity index (χ2v) is 19.5. The lowest BCUT2D eigenvalue weighted by atomic mass is 10.0.